The van der Waals surface area contributed by atoms with E-state index < -0.39 is 17.3 Å². The first-order valence-corrected chi connectivity index (χ1v) is 5.59. The second kappa shape index (κ2) is 5.34. The summed E-state index contributed by atoms with van der Waals surface area (Å²) in [5.41, 5.74) is -1.97. The topological polar surface area (TPSA) is 32.9 Å². The summed E-state index contributed by atoms with van der Waals surface area (Å²) in [5, 5.41) is 0.735. The normalized spacial score (nSPS) is 12.2. The summed E-state index contributed by atoms with van der Waals surface area (Å²) in [5.74, 6) is 0. The van der Waals surface area contributed by atoms with Crippen LogP contribution in [0.4, 0.5) is 13.2 Å². The molecule has 88 valence electrons. The van der Waals surface area contributed by atoms with E-state index in [-0.39, 0.29) is 0 Å². The van der Waals surface area contributed by atoms with E-state index in [4.69, 9.17) is 0 Å². The number of allylic oxidation sites excluding steroid dienone is 1. The largest absolute Gasteiger partial charge is 0.421 e. The van der Waals surface area contributed by atoms with Crippen molar-refractivity contribution < 1.29 is 13.2 Å². The van der Waals surface area contributed by atoms with Crippen molar-refractivity contribution in [2.75, 3.05) is 5.33 Å². The second-order valence-corrected chi connectivity index (χ2v) is 3.85. The lowest BCUT2D eigenvalue weighted by molar-refractivity contribution is -0.138. The van der Waals surface area contributed by atoms with E-state index in [2.05, 4.69) is 20.9 Å². The van der Waals surface area contributed by atoms with Crippen molar-refractivity contribution in [2.45, 2.75) is 12.6 Å². The van der Waals surface area contributed by atoms with Gasteiger partial charge in [0.15, 0.2) is 0 Å². The Morgan fingerprint density at radius 1 is 1.44 bits per heavy atom. The number of halogens is 4. The highest BCUT2D eigenvalue weighted by Crippen LogP contribution is 2.26. The van der Waals surface area contributed by atoms with Gasteiger partial charge in [0, 0.05) is 11.5 Å². The smallest absolute Gasteiger partial charge is 0.328 e. The molecule has 1 aromatic heterocycles. The first kappa shape index (κ1) is 13.0. The van der Waals surface area contributed by atoms with Crippen LogP contribution in [-0.2, 0) is 6.18 Å². The lowest BCUT2D eigenvalue weighted by Gasteiger charge is -2.05. The molecule has 6 heteroatoms. The van der Waals surface area contributed by atoms with E-state index in [0.29, 0.717) is 12.0 Å². The minimum absolute atomic E-state index is 0.327. The van der Waals surface area contributed by atoms with E-state index in [1.165, 1.54) is 12.3 Å². The summed E-state index contributed by atoms with van der Waals surface area (Å²) >= 11 is 3.19. The maximum atomic E-state index is 12.4. The molecule has 0 spiro atoms. The maximum absolute atomic E-state index is 12.4. The number of aromatic amines is 1. The van der Waals surface area contributed by atoms with Crippen molar-refractivity contribution in [1.29, 1.82) is 0 Å². The molecule has 1 rings (SSSR count). The third kappa shape index (κ3) is 3.52. The molecule has 0 aromatic carbocycles. The van der Waals surface area contributed by atoms with E-state index in [9.17, 15) is 18.0 Å². The number of nitrogens with one attached hydrogen (secondary N) is 1. The van der Waals surface area contributed by atoms with E-state index in [1.54, 1.807) is 6.08 Å². The van der Waals surface area contributed by atoms with Crippen LogP contribution in [0, 0.1) is 0 Å². The van der Waals surface area contributed by atoms with Crippen LogP contribution in [0.25, 0.3) is 6.08 Å². The Hall–Kier alpha value is -1.04. The quantitative estimate of drug-likeness (QED) is 0.854. The molecular weight excluding hydrogens is 287 g/mol. The zero-order chi connectivity index (χ0) is 12.2. The number of hydrogen-bond acceptors (Lipinski definition) is 1. The Bertz CT molecular complexity index is 436. The molecule has 0 aliphatic rings. The predicted molar refractivity (Wildman–Crippen MR) is 59.5 cm³/mol. The van der Waals surface area contributed by atoms with Gasteiger partial charge in [-0.25, -0.2) is 0 Å². The molecule has 1 N–H and O–H groups in total. The summed E-state index contributed by atoms with van der Waals surface area (Å²) in [6.07, 6.45) is 0.602. The van der Waals surface area contributed by atoms with Crippen LogP contribution in [0.2, 0.25) is 0 Å². The fourth-order valence-corrected chi connectivity index (χ4v) is 1.35. The number of aromatic nitrogens is 1. The first-order valence-electron chi connectivity index (χ1n) is 4.47. The molecule has 0 bridgehead atoms. The van der Waals surface area contributed by atoms with Gasteiger partial charge in [-0.15, -0.1) is 0 Å². The van der Waals surface area contributed by atoms with Crippen molar-refractivity contribution in [3.8, 4) is 0 Å². The summed E-state index contributed by atoms with van der Waals surface area (Å²) < 4.78 is 37.1. The zero-order valence-electron chi connectivity index (χ0n) is 8.14. The van der Waals surface area contributed by atoms with Crippen LogP contribution >= 0.6 is 15.9 Å². The van der Waals surface area contributed by atoms with E-state index in [0.717, 1.165) is 11.4 Å². The molecule has 1 aromatic rings. The van der Waals surface area contributed by atoms with Gasteiger partial charge in [-0.1, -0.05) is 28.1 Å². The molecule has 0 radical (unpaired) electrons. The van der Waals surface area contributed by atoms with Crippen LogP contribution in [0.3, 0.4) is 0 Å². The van der Waals surface area contributed by atoms with Gasteiger partial charge in [-0.3, -0.25) is 4.79 Å². The molecule has 0 unspecified atom stereocenters. The Morgan fingerprint density at radius 2 is 2.12 bits per heavy atom. The lowest BCUT2D eigenvalue weighted by atomic mass is 10.2. The Labute approximate surface area is 98.3 Å². The Morgan fingerprint density at radius 3 is 2.69 bits per heavy atom. The molecule has 0 amide bonds. The van der Waals surface area contributed by atoms with Gasteiger partial charge >= 0.3 is 6.18 Å². The van der Waals surface area contributed by atoms with Crippen LogP contribution in [0.15, 0.2) is 23.1 Å². The fourth-order valence-electron chi connectivity index (χ4n) is 1.09. The monoisotopic (exact) mass is 295 g/mol. The molecule has 0 fully saturated rings. The average Bonchev–Trinajstić information content (AvgIpc) is 2.19. The van der Waals surface area contributed by atoms with Gasteiger partial charge in [0.1, 0.15) is 5.56 Å². The molecular formula is C10H9BrF3NO. The summed E-state index contributed by atoms with van der Waals surface area (Å²) in [6, 6.07) is 0.837. The molecule has 2 nitrogen and oxygen atoms in total. The SMILES string of the molecule is O=c1[nH]cc(C=CCCBr)cc1C(F)(F)F. The van der Waals surface area contributed by atoms with Gasteiger partial charge in [-0.2, -0.15) is 13.2 Å². The maximum Gasteiger partial charge on any atom is 0.421 e. The minimum atomic E-state index is -4.62. The third-order valence-electron chi connectivity index (χ3n) is 1.82. The van der Waals surface area contributed by atoms with E-state index in [1.807, 2.05) is 0 Å². The number of pyridine rings is 1. The fraction of sp³-hybridized carbons (Fsp3) is 0.300. The average molecular weight is 296 g/mol. The van der Waals surface area contributed by atoms with Crippen LogP contribution in [0.5, 0.6) is 0 Å². The van der Waals surface area contributed by atoms with E-state index >= 15 is 0 Å². The second-order valence-electron chi connectivity index (χ2n) is 3.05. The highest BCUT2D eigenvalue weighted by Gasteiger charge is 2.33. The van der Waals surface area contributed by atoms with Gasteiger partial charge in [0.2, 0.25) is 0 Å². The van der Waals surface area contributed by atoms with Crippen LogP contribution in [0.1, 0.15) is 17.5 Å². The third-order valence-corrected chi connectivity index (χ3v) is 2.27. The minimum Gasteiger partial charge on any atom is -0.328 e. The highest BCUT2D eigenvalue weighted by atomic mass is 79.9. The van der Waals surface area contributed by atoms with Gasteiger partial charge in [-0.05, 0) is 18.1 Å². The van der Waals surface area contributed by atoms with Crippen molar-refractivity contribution in [1.82, 2.24) is 4.98 Å². The van der Waals surface area contributed by atoms with Crippen molar-refractivity contribution in [3.05, 3.63) is 39.8 Å². The van der Waals surface area contributed by atoms with Crippen LogP contribution in [-0.4, -0.2) is 10.3 Å². The lowest BCUT2D eigenvalue weighted by Crippen LogP contribution is -2.21. The van der Waals surface area contributed by atoms with Crippen molar-refractivity contribution in [2.24, 2.45) is 0 Å². The Kier molecular flexibility index (Phi) is 4.35. The van der Waals surface area contributed by atoms with Crippen LogP contribution < -0.4 is 5.56 Å². The number of hydrogen-bond donors (Lipinski definition) is 1. The van der Waals surface area contributed by atoms with Crippen molar-refractivity contribution in [3.63, 3.8) is 0 Å². The predicted octanol–water partition coefficient (Wildman–Crippen LogP) is 3.19. The summed E-state index contributed by atoms with van der Waals surface area (Å²) in [4.78, 5) is 13.0. The van der Waals surface area contributed by atoms with Gasteiger partial charge in [0.25, 0.3) is 5.56 Å². The highest BCUT2D eigenvalue weighted by molar-refractivity contribution is 9.09. The zero-order valence-corrected chi connectivity index (χ0v) is 9.73. The summed E-state index contributed by atoms with van der Waals surface area (Å²) in [7, 11) is 0. The first-order chi connectivity index (χ1) is 7.45. The molecule has 0 atom stereocenters. The number of rotatable bonds is 3. The standard InChI is InChI=1S/C10H9BrF3NO/c11-4-2-1-3-7-5-8(10(12,13)14)9(16)15-6-7/h1,3,5-6H,2,4H2,(H,15,16). The molecule has 0 aliphatic heterocycles. The Balaban J connectivity index is 3.04. The van der Waals surface area contributed by atoms with Gasteiger partial charge < -0.3 is 4.98 Å². The summed E-state index contributed by atoms with van der Waals surface area (Å²) in [6.45, 7) is 0. The van der Waals surface area contributed by atoms with Gasteiger partial charge in [0.05, 0.1) is 0 Å². The molecule has 0 saturated heterocycles. The molecule has 0 aliphatic carbocycles. The number of alkyl halides is 4. The van der Waals surface area contributed by atoms with Crippen molar-refractivity contribution >= 4 is 22.0 Å². The molecule has 16 heavy (non-hydrogen) atoms. The molecule has 1 heterocycles. The molecule has 0 saturated carbocycles. The number of H-pyrrole nitrogens is 1.